The van der Waals surface area contributed by atoms with Crippen molar-refractivity contribution < 1.29 is 4.52 Å². The average Bonchev–Trinajstić information content (AvgIpc) is 2.68. The quantitative estimate of drug-likeness (QED) is 0.789. The van der Waals surface area contributed by atoms with Crippen LogP contribution in [0.1, 0.15) is 16.7 Å². The van der Waals surface area contributed by atoms with Gasteiger partial charge in [-0.05, 0) is 37.1 Å². The van der Waals surface area contributed by atoms with Gasteiger partial charge in [-0.2, -0.15) is 5.26 Å². The maximum absolute atomic E-state index is 8.91. The van der Waals surface area contributed by atoms with Crippen LogP contribution in [0.15, 0.2) is 22.7 Å². The van der Waals surface area contributed by atoms with E-state index in [2.05, 4.69) is 11.2 Å². The summed E-state index contributed by atoms with van der Waals surface area (Å²) in [5, 5.41) is 12.5. The SMILES string of the molecule is Cc1cc(C#N)cc(-c2cc(N)no2)c1C. The van der Waals surface area contributed by atoms with E-state index >= 15 is 0 Å². The highest BCUT2D eigenvalue weighted by Gasteiger charge is 2.11. The topological polar surface area (TPSA) is 75.8 Å². The third-order valence-corrected chi connectivity index (χ3v) is 2.59. The number of rotatable bonds is 1. The van der Waals surface area contributed by atoms with Gasteiger partial charge >= 0.3 is 0 Å². The van der Waals surface area contributed by atoms with Crippen LogP contribution in [0.4, 0.5) is 5.82 Å². The van der Waals surface area contributed by atoms with Crippen molar-refractivity contribution in [3.05, 3.63) is 34.9 Å². The van der Waals surface area contributed by atoms with Crippen LogP contribution in [0, 0.1) is 25.2 Å². The van der Waals surface area contributed by atoms with Gasteiger partial charge in [0.1, 0.15) is 0 Å². The summed E-state index contributed by atoms with van der Waals surface area (Å²) in [6.07, 6.45) is 0. The number of benzene rings is 1. The van der Waals surface area contributed by atoms with Gasteiger partial charge in [0.05, 0.1) is 11.6 Å². The number of anilines is 1. The van der Waals surface area contributed by atoms with Gasteiger partial charge in [0, 0.05) is 11.6 Å². The Morgan fingerprint density at radius 1 is 1.31 bits per heavy atom. The van der Waals surface area contributed by atoms with E-state index in [-0.39, 0.29) is 0 Å². The molecule has 4 heteroatoms. The minimum absolute atomic E-state index is 0.342. The molecule has 0 saturated heterocycles. The van der Waals surface area contributed by atoms with E-state index in [9.17, 15) is 0 Å². The van der Waals surface area contributed by atoms with E-state index in [1.807, 2.05) is 19.9 Å². The molecule has 0 radical (unpaired) electrons. The van der Waals surface area contributed by atoms with Gasteiger partial charge < -0.3 is 10.3 Å². The van der Waals surface area contributed by atoms with Gasteiger partial charge in [-0.15, -0.1) is 0 Å². The molecule has 1 aromatic carbocycles. The normalized spacial score (nSPS) is 10.1. The molecule has 0 bridgehead atoms. The summed E-state index contributed by atoms with van der Waals surface area (Å²) in [4.78, 5) is 0. The number of nitrogen functional groups attached to an aromatic ring is 1. The third kappa shape index (κ3) is 1.63. The lowest BCUT2D eigenvalue weighted by Crippen LogP contribution is -1.89. The van der Waals surface area contributed by atoms with Gasteiger partial charge in [-0.1, -0.05) is 5.16 Å². The van der Waals surface area contributed by atoms with Crippen molar-refractivity contribution in [1.29, 1.82) is 5.26 Å². The minimum atomic E-state index is 0.342. The lowest BCUT2D eigenvalue weighted by atomic mass is 9.98. The standard InChI is InChI=1S/C12H11N3O/c1-7-3-9(6-13)4-10(8(7)2)11-5-12(14)15-16-11/h3-5H,1-2H3,(H2,14,15). The Hall–Kier alpha value is -2.28. The maximum atomic E-state index is 8.91. The number of aromatic nitrogens is 1. The first kappa shape index (κ1) is 10.2. The zero-order chi connectivity index (χ0) is 11.7. The van der Waals surface area contributed by atoms with Crippen LogP contribution in [-0.4, -0.2) is 5.16 Å². The zero-order valence-corrected chi connectivity index (χ0v) is 9.11. The van der Waals surface area contributed by atoms with E-state index in [0.29, 0.717) is 17.1 Å². The summed E-state index contributed by atoms with van der Waals surface area (Å²) in [6.45, 7) is 3.93. The summed E-state index contributed by atoms with van der Waals surface area (Å²) in [7, 11) is 0. The monoisotopic (exact) mass is 213 g/mol. The molecule has 1 heterocycles. The number of hydrogen-bond donors (Lipinski definition) is 1. The molecule has 0 aliphatic heterocycles. The second kappa shape index (κ2) is 3.70. The van der Waals surface area contributed by atoms with Crippen molar-refractivity contribution in [2.45, 2.75) is 13.8 Å². The Labute approximate surface area is 93.3 Å². The van der Waals surface area contributed by atoms with Gasteiger partial charge in [0.2, 0.25) is 0 Å². The van der Waals surface area contributed by atoms with Crippen LogP contribution in [0.2, 0.25) is 0 Å². The van der Waals surface area contributed by atoms with Gasteiger partial charge in [-0.3, -0.25) is 0 Å². The molecule has 80 valence electrons. The van der Waals surface area contributed by atoms with Crippen LogP contribution in [0.3, 0.4) is 0 Å². The predicted octanol–water partition coefficient (Wildman–Crippen LogP) is 2.41. The molecule has 2 N–H and O–H groups in total. The Bertz CT molecular complexity index is 578. The summed E-state index contributed by atoms with van der Waals surface area (Å²) in [6, 6.07) is 7.40. The maximum Gasteiger partial charge on any atom is 0.169 e. The van der Waals surface area contributed by atoms with Gasteiger partial charge in [0.15, 0.2) is 11.6 Å². The van der Waals surface area contributed by atoms with E-state index in [1.54, 1.807) is 12.1 Å². The summed E-state index contributed by atoms with van der Waals surface area (Å²) in [5.74, 6) is 0.935. The molecule has 2 aromatic rings. The molecular formula is C12H11N3O. The van der Waals surface area contributed by atoms with Crippen LogP contribution in [-0.2, 0) is 0 Å². The fourth-order valence-corrected chi connectivity index (χ4v) is 1.60. The zero-order valence-electron chi connectivity index (χ0n) is 9.11. The third-order valence-electron chi connectivity index (χ3n) is 2.59. The lowest BCUT2D eigenvalue weighted by Gasteiger charge is -2.05. The van der Waals surface area contributed by atoms with Crippen LogP contribution >= 0.6 is 0 Å². The van der Waals surface area contributed by atoms with Crippen molar-refractivity contribution in [2.24, 2.45) is 0 Å². The van der Waals surface area contributed by atoms with E-state index < -0.39 is 0 Å². The molecule has 0 atom stereocenters. The van der Waals surface area contributed by atoms with E-state index in [1.165, 1.54) is 0 Å². The first-order valence-corrected chi connectivity index (χ1v) is 4.85. The highest BCUT2D eigenvalue weighted by atomic mass is 16.5. The number of nitrogens with zero attached hydrogens (tertiary/aromatic N) is 2. The van der Waals surface area contributed by atoms with Crippen LogP contribution in [0.5, 0.6) is 0 Å². The summed E-state index contributed by atoms with van der Waals surface area (Å²) < 4.78 is 5.10. The van der Waals surface area contributed by atoms with Crippen molar-refractivity contribution in [1.82, 2.24) is 5.16 Å². The molecular weight excluding hydrogens is 202 g/mol. The van der Waals surface area contributed by atoms with Gasteiger partial charge in [0.25, 0.3) is 0 Å². The molecule has 0 spiro atoms. The largest absolute Gasteiger partial charge is 0.381 e. The molecule has 0 unspecified atom stereocenters. The minimum Gasteiger partial charge on any atom is -0.381 e. The van der Waals surface area contributed by atoms with Crippen LogP contribution in [0.25, 0.3) is 11.3 Å². The summed E-state index contributed by atoms with van der Waals surface area (Å²) in [5.41, 5.74) is 9.08. The van der Waals surface area contributed by atoms with Gasteiger partial charge in [-0.25, -0.2) is 0 Å². The molecule has 0 aliphatic carbocycles. The number of nitrogens with two attached hydrogens (primary N) is 1. The Balaban J connectivity index is 2.65. The molecule has 1 aromatic heterocycles. The van der Waals surface area contributed by atoms with E-state index in [4.69, 9.17) is 15.5 Å². The van der Waals surface area contributed by atoms with Crippen molar-refractivity contribution in [3.8, 4) is 17.4 Å². The Kier molecular flexibility index (Phi) is 2.37. The van der Waals surface area contributed by atoms with Crippen LogP contribution < -0.4 is 5.73 Å². The molecule has 0 aliphatic rings. The second-order valence-electron chi connectivity index (χ2n) is 3.69. The molecule has 4 nitrogen and oxygen atoms in total. The first-order valence-electron chi connectivity index (χ1n) is 4.85. The predicted molar refractivity (Wildman–Crippen MR) is 60.5 cm³/mol. The van der Waals surface area contributed by atoms with E-state index in [0.717, 1.165) is 16.7 Å². The fraction of sp³-hybridized carbons (Fsp3) is 0.167. The summed E-state index contributed by atoms with van der Waals surface area (Å²) >= 11 is 0. The fourth-order valence-electron chi connectivity index (χ4n) is 1.60. The molecule has 0 saturated carbocycles. The molecule has 16 heavy (non-hydrogen) atoms. The van der Waals surface area contributed by atoms with Crippen molar-refractivity contribution >= 4 is 5.82 Å². The highest BCUT2D eigenvalue weighted by molar-refractivity contribution is 5.67. The molecule has 0 amide bonds. The number of aryl methyl sites for hydroxylation is 1. The number of hydrogen-bond acceptors (Lipinski definition) is 4. The average molecular weight is 213 g/mol. The lowest BCUT2D eigenvalue weighted by molar-refractivity contribution is 0.435. The first-order chi connectivity index (χ1) is 7.61. The molecule has 2 rings (SSSR count). The highest BCUT2D eigenvalue weighted by Crippen LogP contribution is 2.28. The number of nitriles is 1. The molecule has 0 fully saturated rings. The Morgan fingerprint density at radius 2 is 2.06 bits per heavy atom. The van der Waals surface area contributed by atoms with Crippen molar-refractivity contribution in [3.63, 3.8) is 0 Å². The smallest absolute Gasteiger partial charge is 0.169 e. The Morgan fingerprint density at radius 3 is 2.62 bits per heavy atom. The van der Waals surface area contributed by atoms with Crippen molar-refractivity contribution in [2.75, 3.05) is 5.73 Å². The second-order valence-corrected chi connectivity index (χ2v) is 3.69.